The number of aromatic nitrogens is 1. The summed E-state index contributed by atoms with van der Waals surface area (Å²) in [5.74, 6) is 1.60. The molecule has 0 saturated carbocycles. The van der Waals surface area contributed by atoms with E-state index in [2.05, 4.69) is 6.58 Å². The van der Waals surface area contributed by atoms with E-state index in [4.69, 9.17) is 14.5 Å². The van der Waals surface area contributed by atoms with Crippen molar-refractivity contribution < 1.29 is 14.3 Å². The van der Waals surface area contributed by atoms with Crippen LogP contribution in [0, 0.1) is 0 Å². The lowest BCUT2D eigenvalue weighted by Gasteiger charge is -2.18. The number of benzene rings is 1. The molecule has 136 valence electrons. The largest absolute Gasteiger partial charge is 0.454 e. The molecule has 2 heterocycles. The maximum absolute atomic E-state index is 12.8. The minimum absolute atomic E-state index is 0.0775. The molecule has 2 aliphatic rings. The Hall–Kier alpha value is -2.34. The molecular formula is C20H22N2O3S. The molecule has 0 N–H and O–H groups in total. The van der Waals surface area contributed by atoms with Gasteiger partial charge in [-0.05, 0) is 49.8 Å². The third-order valence-corrected chi connectivity index (χ3v) is 5.92. The van der Waals surface area contributed by atoms with Gasteiger partial charge in [0.2, 0.25) is 12.7 Å². The summed E-state index contributed by atoms with van der Waals surface area (Å²) in [7, 11) is 0. The molecule has 0 saturated heterocycles. The van der Waals surface area contributed by atoms with Crippen molar-refractivity contribution in [3.8, 4) is 11.5 Å². The number of rotatable bonds is 6. The zero-order valence-electron chi connectivity index (χ0n) is 14.7. The minimum atomic E-state index is 0.0775. The molecular weight excluding hydrogens is 348 g/mol. The van der Waals surface area contributed by atoms with Gasteiger partial charge in [-0.1, -0.05) is 12.1 Å². The Balaban J connectivity index is 1.45. The number of carbonyl (C=O) groups excluding carboxylic acids is 1. The number of amides is 1. The maximum atomic E-state index is 12.8. The standard InChI is InChI=1S/C20H22N2O3S/c1-2-11-22(20-21-15-5-3-4-6-18(15)26-20)19(23)10-8-14-7-9-16-17(12-14)25-13-24-16/h2,7,9,12H,1,3-6,8,10-11,13H2. The quantitative estimate of drug-likeness (QED) is 0.724. The molecule has 1 aliphatic carbocycles. The van der Waals surface area contributed by atoms with Crippen LogP contribution < -0.4 is 14.4 Å². The van der Waals surface area contributed by atoms with Crippen molar-refractivity contribution in [2.24, 2.45) is 0 Å². The molecule has 1 aromatic carbocycles. The first kappa shape index (κ1) is 17.1. The first-order chi connectivity index (χ1) is 12.7. The van der Waals surface area contributed by atoms with Crippen molar-refractivity contribution >= 4 is 22.4 Å². The molecule has 0 bridgehead atoms. The van der Waals surface area contributed by atoms with Crippen LogP contribution >= 0.6 is 11.3 Å². The lowest BCUT2D eigenvalue weighted by Crippen LogP contribution is -2.31. The molecule has 0 radical (unpaired) electrons. The van der Waals surface area contributed by atoms with Crippen molar-refractivity contribution in [2.45, 2.75) is 38.5 Å². The van der Waals surface area contributed by atoms with Crippen LogP contribution in [0.15, 0.2) is 30.9 Å². The highest BCUT2D eigenvalue weighted by Gasteiger charge is 2.22. The van der Waals surface area contributed by atoms with Crippen LogP contribution in [0.1, 0.15) is 35.4 Å². The van der Waals surface area contributed by atoms with E-state index in [-0.39, 0.29) is 12.7 Å². The van der Waals surface area contributed by atoms with Crippen LogP contribution in [-0.4, -0.2) is 24.2 Å². The molecule has 1 amide bonds. The number of carbonyl (C=O) groups is 1. The summed E-state index contributed by atoms with van der Waals surface area (Å²) in [6, 6.07) is 5.84. The Labute approximate surface area is 157 Å². The normalized spacial score (nSPS) is 14.8. The molecule has 1 aliphatic heterocycles. The average Bonchev–Trinajstić information content (AvgIpc) is 3.29. The number of hydrogen-bond acceptors (Lipinski definition) is 5. The van der Waals surface area contributed by atoms with Gasteiger partial charge in [0.05, 0.1) is 5.69 Å². The summed E-state index contributed by atoms with van der Waals surface area (Å²) in [5.41, 5.74) is 2.24. The third kappa shape index (κ3) is 3.46. The summed E-state index contributed by atoms with van der Waals surface area (Å²) < 4.78 is 10.7. The van der Waals surface area contributed by atoms with Gasteiger partial charge < -0.3 is 9.47 Å². The number of fused-ring (bicyclic) bond motifs is 2. The third-order valence-electron chi connectivity index (χ3n) is 4.74. The second-order valence-corrected chi connectivity index (χ2v) is 7.62. The Morgan fingerprint density at radius 3 is 2.96 bits per heavy atom. The first-order valence-corrected chi connectivity index (χ1v) is 9.84. The van der Waals surface area contributed by atoms with Crippen LogP contribution in [-0.2, 0) is 24.1 Å². The smallest absolute Gasteiger partial charge is 0.231 e. The van der Waals surface area contributed by atoms with E-state index in [0.717, 1.165) is 35.0 Å². The number of aryl methyl sites for hydroxylation is 3. The fourth-order valence-corrected chi connectivity index (χ4v) is 4.53. The first-order valence-electron chi connectivity index (χ1n) is 9.03. The zero-order chi connectivity index (χ0) is 17.9. The van der Waals surface area contributed by atoms with Gasteiger partial charge in [0.25, 0.3) is 0 Å². The number of nitrogens with zero attached hydrogens (tertiary/aromatic N) is 2. The SMILES string of the molecule is C=CCN(C(=O)CCc1ccc2c(c1)OCO2)c1nc2c(s1)CCCC2. The Morgan fingerprint density at radius 2 is 2.12 bits per heavy atom. The van der Waals surface area contributed by atoms with Gasteiger partial charge in [-0.3, -0.25) is 9.69 Å². The van der Waals surface area contributed by atoms with Gasteiger partial charge >= 0.3 is 0 Å². The molecule has 0 atom stereocenters. The molecule has 5 nitrogen and oxygen atoms in total. The second kappa shape index (κ2) is 7.50. The summed E-state index contributed by atoms with van der Waals surface area (Å²) in [5, 5.41) is 0.812. The monoisotopic (exact) mass is 370 g/mol. The Morgan fingerprint density at radius 1 is 1.27 bits per heavy atom. The molecule has 0 unspecified atom stereocenters. The van der Waals surface area contributed by atoms with Crippen molar-refractivity contribution in [1.29, 1.82) is 0 Å². The average molecular weight is 370 g/mol. The minimum Gasteiger partial charge on any atom is -0.454 e. The van der Waals surface area contributed by atoms with Crippen molar-refractivity contribution in [3.05, 3.63) is 47.0 Å². The maximum Gasteiger partial charge on any atom is 0.231 e. The van der Waals surface area contributed by atoms with Crippen LogP contribution in [0.2, 0.25) is 0 Å². The highest BCUT2D eigenvalue weighted by Crippen LogP contribution is 2.34. The van der Waals surface area contributed by atoms with Crippen molar-refractivity contribution in [2.75, 3.05) is 18.2 Å². The Bertz CT molecular complexity index is 807. The molecule has 6 heteroatoms. The van der Waals surface area contributed by atoms with E-state index in [9.17, 15) is 4.79 Å². The van der Waals surface area contributed by atoms with Crippen LogP contribution in [0.4, 0.5) is 5.13 Å². The number of thiazole rings is 1. The summed E-state index contributed by atoms with van der Waals surface area (Å²) in [4.78, 5) is 20.7. The number of anilines is 1. The lowest BCUT2D eigenvalue weighted by atomic mass is 10.0. The van der Waals surface area contributed by atoms with E-state index in [1.54, 1.807) is 22.3 Å². The fraction of sp³-hybridized carbons (Fsp3) is 0.400. The molecule has 4 rings (SSSR count). The topological polar surface area (TPSA) is 51.7 Å². The summed E-state index contributed by atoms with van der Waals surface area (Å²) in [6.07, 6.45) is 7.37. The number of ether oxygens (including phenoxy) is 2. The fourth-order valence-electron chi connectivity index (χ4n) is 3.35. The van der Waals surface area contributed by atoms with E-state index >= 15 is 0 Å². The van der Waals surface area contributed by atoms with E-state index in [0.29, 0.717) is 19.4 Å². The van der Waals surface area contributed by atoms with Gasteiger partial charge in [-0.2, -0.15) is 0 Å². The Kier molecular flexibility index (Phi) is 4.93. The predicted molar refractivity (Wildman–Crippen MR) is 102 cm³/mol. The van der Waals surface area contributed by atoms with Crippen molar-refractivity contribution in [1.82, 2.24) is 4.98 Å². The molecule has 1 aromatic heterocycles. The number of hydrogen-bond donors (Lipinski definition) is 0. The summed E-state index contributed by atoms with van der Waals surface area (Å²) in [6.45, 7) is 4.56. The molecule has 2 aromatic rings. The van der Waals surface area contributed by atoms with Crippen molar-refractivity contribution in [3.63, 3.8) is 0 Å². The zero-order valence-corrected chi connectivity index (χ0v) is 15.5. The second-order valence-electron chi connectivity index (χ2n) is 6.55. The summed E-state index contributed by atoms with van der Waals surface area (Å²) >= 11 is 1.66. The van der Waals surface area contributed by atoms with Gasteiger partial charge in [0.1, 0.15) is 0 Å². The molecule has 0 spiro atoms. The van der Waals surface area contributed by atoms with E-state index in [1.165, 1.54) is 23.4 Å². The van der Waals surface area contributed by atoms with Crippen LogP contribution in [0.5, 0.6) is 11.5 Å². The molecule has 0 fully saturated rings. The molecule has 26 heavy (non-hydrogen) atoms. The van der Waals surface area contributed by atoms with E-state index < -0.39 is 0 Å². The van der Waals surface area contributed by atoms with Gasteiger partial charge in [0, 0.05) is 17.8 Å². The highest BCUT2D eigenvalue weighted by molar-refractivity contribution is 7.16. The predicted octanol–water partition coefficient (Wildman–Crippen LogP) is 3.90. The van der Waals surface area contributed by atoms with Crippen LogP contribution in [0.3, 0.4) is 0 Å². The van der Waals surface area contributed by atoms with Gasteiger partial charge in [-0.25, -0.2) is 4.98 Å². The van der Waals surface area contributed by atoms with Gasteiger partial charge in [-0.15, -0.1) is 17.9 Å². The lowest BCUT2D eigenvalue weighted by molar-refractivity contribution is -0.118. The van der Waals surface area contributed by atoms with E-state index in [1.807, 2.05) is 18.2 Å². The van der Waals surface area contributed by atoms with Gasteiger partial charge in [0.15, 0.2) is 16.6 Å². The highest BCUT2D eigenvalue weighted by atomic mass is 32.1. The van der Waals surface area contributed by atoms with Crippen LogP contribution in [0.25, 0.3) is 0 Å².